The first-order chi connectivity index (χ1) is 9.02. The van der Waals surface area contributed by atoms with Crippen LogP contribution in [0.25, 0.3) is 0 Å². The van der Waals surface area contributed by atoms with Crippen LogP contribution < -0.4 is 10.6 Å². The molecule has 0 saturated heterocycles. The summed E-state index contributed by atoms with van der Waals surface area (Å²) < 4.78 is 0. The maximum atomic E-state index is 9.05. The standard InChI is InChI=1S/C16H23N3/c1-16(2,12-17)8-5-9-19-11-14(18)10-13-6-3-4-7-15(13)19/h3-4,6-7,14H,5,8-11,18H2,1-2H3. The molecule has 0 amide bonds. The molecule has 2 N–H and O–H groups in total. The number of hydrogen-bond donors (Lipinski definition) is 1. The molecule has 0 bridgehead atoms. The fraction of sp³-hybridized carbons (Fsp3) is 0.562. The van der Waals surface area contributed by atoms with E-state index in [1.807, 2.05) is 13.8 Å². The predicted molar refractivity (Wildman–Crippen MR) is 79.0 cm³/mol. The molecule has 0 fully saturated rings. The third-order valence-electron chi connectivity index (χ3n) is 3.80. The second-order valence-electron chi connectivity index (χ2n) is 6.14. The molecule has 1 unspecified atom stereocenters. The highest BCUT2D eigenvalue weighted by Crippen LogP contribution is 2.28. The smallest absolute Gasteiger partial charge is 0.0683 e. The average molecular weight is 257 g/mol. The molecule has 1 heterocycles. The van der Waals surface area contributed by atoms with Crippen molar-refractivity contribution >= 4 is 5.69 Å². The van der Waals surface area contributed by atoms with Gasteiger partial charge in [-0.15, -0.1) is 0 Å². The summed E-state index contributed by atoms with van der Waals surface area (Å²) in [5.41, 5.74) is 8.57. The van der Waals surface area contributed by atoms with Gasteiger partial charge >= 0.3 is 0 Å². The van der Waals surface area contributed by atoms with Gasteiger partial charge in [-0.2, -0.15) is 5.26 Å². The Morgan fingerprint density at radius 1 is 1.42 bits per heavy atom. The minimum Gasteiger partial charge on any atom is -0.370 e. The highest BCUT2D eigenvalue weighted by atomic mass is 15.1. The molecule has 2 rings (SSSR count). The first-order valence-electron chi connectivity index (χ1n) is 7.01. The topological polar surface area (TPSA) is 53.0 Å². The lowest BCUT2D eigenvalue weighted by Gasteiger charge is -2.35. The number of anilines is 1. The second kappa shape index (κ2) is 5.63. The highest BCUT2D eigenvalue weighted by molar-refractivity contribution is 5.56. The quantitative estimate of drug-likeness (QED) is 0.902. The van der Waals surface area contributed by atoms with Crippen LogP contribution in [0.1, 0.15) is 32.3 Å². The van der Waals surface area contributed by atoms with Gasteiger partial charge in [-0.1, -0.05) is 18.2 Å². The van der Waals surface area contributed by atoms with E-state index in [0.717, 1.165) is 32.4 Å². The lowest BCUT2D eigenvalue weighted by molar-refractivity contribution is 0.431. The normalized spacial score (nSPS) is 18.8. The number of rotatable bonds is 4. The zero-order valence-electron chi connectivity index (χ0n) is 11.9. The number of para-hydroxylation sites is 1. The van der Waals surface area contributed by atoms with Crippen molar-refractivity contribution in [3.63, 3.8) is 0 Å². The molecule has 0 saturated carbocycles. The Balaban J connectivity index is 2.00. The van der Waals surface area contributed by atoms with Crippen LogP contribution in [-0.4, -0.2) is 19.1 Å². The summed E-state index contributed by atoms with van der Waals surface area (Å²) in [6, 6.07) is 11.1. The van der Waals surface area contributed by atoms with Crippen molar-refractivity contribution in [1.82, 2.24) is 0 Å². The van der Waals surface area contributed by atoms with E-state index in [0.29, 0.717) is 0 Å². The maximum absolute atomic E-state index is 9.05. The van der Waals surface area contributed by atoms with Crippen LogP contribution in [-0.2, 0) is 6.42 Å². The van der Waals surface area contributed by atoms with Crippen molar-refractivity contribution in [2.45, 2.75) is 39.2 Å². The summed E-state index contributed by atoms with van der Waals surface area (Å²) in [5.74, 6) is 0. The van der Waals surface area contributed by atoms with Crippen LogP contribution in [0.4, 0.5) is 5.69 Å². The molecule has 1 aliphatic rings. The van der Waals surface area contributed by atoms with E-state index in [4.69, 9.17) is 11.0 Å². The van der Waals surface area contributed by atoms with Gasteiger partial charge in [-0.3, -0.25) is 0 Å². The Bertz CT molecular complexity index is 473. The molecular formula is C16H23N3. The van der Waals surface area contributed by atoms with Crippen LogP contribution in [0.15, 0.2) is 24.3 Å². The molecule has 1 aliphatic heterocycles. The molecule has 1 atom stereocenters. The summed E-state index contributed by atoms with van der Waals surface area (Å²) in [6.45, 7) is 5.91. The van der Waals surface area contributed by atoms with Gasteiger partial charge in [0.1, 0.15) is 0 Å². The number of fused-ring (bicyclic) bond motifs is 1. The predicted octanol–water partition coefficient (Wildman–Crippen LogP) is 2.71. The third-order valence-corrected chi connectivity index (χ3v) is 3.80. The molecule has 3 nitrogen and oxygen atoms in total. The van der Waals surface area contributed by atoms with E-state index in [1.54, 1.807) is 0 Å². The second-order valence-corrected chi connectivity index (χ2v) is 6.14. The first-order valence-corrected chi connectivity index (χ1v) is 7.01. The van der Waals surface area contributed by atoms with E-state index in [9.17, 15) is 0 Å². The molecule has 0 aromatic heterocycles. The Morgan fingerprint density at radius 2 is 2.16 bits per heavy atom. The van der Waals surface area contributed by atoms with E-state index in [-0.39, 0.29) is 11.5 Å². The van der Waals surface area contributed by atoms with Gasteiger partial charge in [0.25, 0.3) is 0 Å². The fourth-order valence-electron chi connectivity index (χ4n) is 2.70. The van der Waals surface area contributed by atoms with E-state index < -0.39 is 0 Å². The summed E-state index contributed by atoms with van der Waals surface area (Å²) >= 11 is 0. The minimum atomic E-state index is -0.225. The minimum absolute atomic E-state index is 0.221. The molecular weight excluding hydrogens is 234 g/mol. The monoisotopic (exact) mass is 257 g/mol. The van der Waals surface area contributed by atoms with Crippen LogP contribution in [0.3, 0.4) is 0 Å². The molecule has 19 heavy (non-hydrogen) atoms. The SMILES string of the molecule is CC(C)(C#N)CCCN1CC(N)Cc2ccccc21. The van der Waals surface area contributed by atoms with Gasteiger partial charge < -0.3 is 10.6 Å². The highest BCUT2D eigenvalue weighted by Gasteiger charge is 2.22. The third kappa shape index (κ3) is 3.48. The number of benzene rings is 1. The zero-order chi connectivity index (χ0) is 13.9. The van der Waals surface area contributed by atoms with Gasteiger partial charge in [0.15, 0.2) is 0 Å². The van der Waals surface area contributed by atoms with Crippen molar-refractivity contribution in [3.05, 3.63) is 29.8 Å². The van der Waals surface area contributed by atoms with Crippen LogP contribution in [0, 0.1) is 16.7 Å². The lowest BCUT2D eigenvalue weighted by atomic mass is 9.89. The van der Waals surface area contributed by atoms with Crippen LogP contribution in [0.2, 0.25) is 0 Å². The molecule has 1 aromatic carbocycles. The van der Waals surface area contributed by atoms with E-state index in [2.05, 4.69) is 35.2 Å². The number of nitrogens with zero attached hydrogens (tertiary/aromatic N) is 2. The molecule has 0 spiro atoms. The van der Waals surface area contributed by atoms with Gasteiger partial charge in [0.2, 0.25) is 0 Å². The summed E-state index contributed by atoms with van der Waals surface area (Å²) in [7, 11) is 0. The van der Waals surface area contributed by atoms with Crippen LogP contribution in [0.5, 0.6) is 0 Å². The zero-order valence-corrected chi connectivity index (χ0v) is 11.9. The Kier molecular flexibility index (Phi) is 4.11. The Labute approximate surface area is 116 Å². The van der Waals surface area contributed by atoms with Crippen molar-refractivity contribution in [1.29, 1.82) is 5.26 Å². The van der Waals surface area contributed by atoms with Crippen molar-refractivity contribution in [2.75, 3.05) is 18.0 Å². The van der Waals surface area contributed by atoms with Crippen molar-refractivity contribution in [3.8, 4) is 6.07 Å². The summed E-state index contributed by atoms with van der Waals surface area (Å²) in [4.78, 5) is 2.37. The fourth-order valence-corrected chi connectivity index (χ4v) is 2.70. The number of nitrogens with two attached hydrogens (primary N) is 1. The molecule has 0 aliphatic carbocycles. The summed E-state index contributed by atoms with van der Waals surface area (Å²) in [5, 5.41) is 9.05. The average Bonchev–Trinajstić information content (AvgIpc) is 2.38. The van der Waals surface area contributed by atoms with Gasteiger partial charge in [-0.25, -0.2) is 0 Å². The Morgan fingerprint density at radius 3 is 2.89 bits per heavy atom. The van der Waals surface area contributed by atoms with Crippen molar-refractivity contribution in [2.24, 2.45) is 11.1 Å². The van der Waals surface area contributed by atoms with E-state index in [1.165, 1.54) is 11.3 Å². The molecule has 0 radical (unpaired) electrons. The summed E-state index contributed by atoms with van der Waals surface area (Å²) in [6.07, 6.45) is 2.93. The lowest BCUT2D eigenvalue weighted by Crippen LogP contribution is -2.43. The molecule has 1 aromatic rings. The van der Waals surface area contributed by atoms with Gasteiger partial charge in [-0.05, 0) is 44.7 Å². The van der Waals surface area contributed by atoms with Crippen LogP contribution >= 0.6 is 0 Å². The molecule has 102 valence electrons. The maximum Gasteiger partial charge on any atom is 0.0683 e. The number of hydrogen-bond acceptors (Lipinski definition) is 3. The molecule has 3 heteroatoms. The number of nitriles is 1. The largest absolute Gasteiger partial charge is 0.370 e. The first kappa shape index (κ1) is 13.9. The van der Waals surface area contributed by atoms with E-state index >= 15 is 0 Å². The Hall–Kier alpha value is -1.53. The van der Waals surface area contributed by atoms with Crippen molar-refractivity contribution < 1.29 is 0 Å². The van der Waals surface area contributed by atoms with Gasteiger partial charge in [0.05, 0.1) is 11.5 Å². The van der Waals surface area contributed by atoms with Gasteiger partial charge in [0, 0.05) is 24.8 Å².